The SMILES string of the molecule is C=C(COc1ccccc1)C1=CCB(O)OC1CC/C(=C/c1ccc(CO)o1)CC. The highest BCUT2D eigenvalue weighted by molar-refractivity contribution is 6.43. The standard InChI is InChI=1S/C24H29BO5/c1-3-19(15-21-10-11-22(16-26)29-21)9-12-24-23(13-14-25(27)30-24)18(2)17-28-20-7-5-4-6-8-20/h4-8,10-11,13,15,24,26-27H,2-3,9,12,14,16-17H2,1H3/b19-15+. The molecule has 1 atom stereocenters. The molecule has 1 unspecified atom stereocenters. The average molecular weight is 408 g/mol. The second-order valence-electron chi connectivity index (χ2n) is 7.34. The van der Waals surface area contributed by atoms with Gasteiger partial charge in [-0.3, -0.25) is 0 Å². The lowest BCUT2D eigenvalue weighted by atomic mass is 9.78. The lowest BCUT2D eigenvalue weighted by Gasteiger charge is -2.28. The third-order valence-electron chi connectivity index (χ3n) is 5.14. The van der Waals surface area contributed by atoms with Gasteiger partial charge in [-0.25, -0.2) is 0 Å². The van der Waals surface area contributed by atoms with Gasteiger partial charge in [0.05, 0.1) is 6.10 Å². The molecule has 1 aliphatic rings. The van der Waals surface area contributed by atoms with Crippen molar-refractivity contribution in [3.8, 4) is 5.75 Å². The minimum Gasteiger partial charge on any atom is -0.489 e. The molecule has 2 N–H and O–H groups in total. The summed E-state index contributed by atoms with van der Waals surface area (Å²) in [5, 5.41) is 19.2. The molecule has 6 heteroatoms. The van der Waals surface area contributed by atoms with E-state index in [4.69, 9.17) is 18.9 Å². The maximum Gasteiger partial charge on any atom is 0.458 e. The molecule has 0 bridgehead atoms. The third kappa shape index (κ3) is 6.23. The largest absolute Gasteiger partial charge is 0.489 e. The zero-order valence-corrected chi connectivity index (χ0v) is 17.4. The summed E-state index contributed by atoms with van der Waals surface area (Å²) in [6.07, 6.45) is 6.62. The van der Waals surface area contributed by atoms with Gasteiger partial charge in [0.15, 0.2) is 0 Å². The number of para-hydroxylation sites is 1. The van der Waals surface area contributed by atoms with Crippen LogP contribution in [0.2, 0.25) is 6.32 Å². The van der Waals surface area contributed by atoms with Crippen molar-refractivity contribution in [2.75, 3.05) is 6.61 Å². The van der Waals surface area contributed by atoms with Gasteiger partial charge in [-0.05, 0) is 60.8 Å². The van der Waals surface area contributed by atoms with E-state index in [2.05, 4.69) is 13.5 Å². The molecule has 0 aliphatic carbocycles. The van der Waals surface area contributed by atoms with Crippen LogP contribution in [0.4, 0.5) is 0 Å². The molecule has 0 amide bonds. The van der Waals surface area contributed by atoms with Crippen molar-refractivity contribution in [3.05, 3.63) is 83.4 Å². The molecule has 2 heterocycles. The van der Waals surface area contributed by atoms with Crippen molar-refractivity contribution in [2.24, 2.45) is 0 Å². The Balaban J connectivity index is 1.62. The van der Waals surface area contributed by atoms with Crippen molar-refractivity contribution >= 4 is 13.2 Å². The highest BCUT2D eigenvalue weighted by Crippen LogP contribution is 2.29. The highest BCUT2D eigenvalue weighted by Gasteiger charge is 2.28. The average Bonchev–Trinajstić information content (AvgIpc) is 3.23. The smallest absolute Gasteiger partial charge is 0.458 e. The van der Waals surface area contributed by atoms with Gasteiger partial charge >= 0.3 is 7.12 Å². The van der Waals surface area contributed by atoms with Crippen LogP contribution in [0, 0.1) is 0 Å². The summed E-state index contributed by atoms with van der Waals surface area (Å²) in [6, 6.07) is 13.3. The number of furan rings is 1. The van der Waals surface area contributed by atoms with Gasteiger partial charge in [-0.15, -0.1) is 0 Å². The Morgan fingerprint density at radius 1 is 1.27 bits per heavy atom. The molecule has 1 aromatic heterocycles. The summed E-state index contributed by atoms with van der Waals surface area (Å²) in [7, 11) is -0.798. The fourth-order valence-electron chi connectivity index (χ4n) is 3.47. The highest BCUT2D eigenvalue weighted by atomic mass is 16.5. The molecule has 1 aromatic carbocycles. The fourth-order valence-corrected chi connectivity index (χ4v) is 3.47. The molecule has 2 aromatic rings. The number of ether oxygens (including phenoxy) is 1. The van der Waals surface area contributed by atoms with Crippen molar-refractivity contribution < 1.29 is 23.9 Å². The molecular weight excluding hydrogens is 379 g/mol. The minimum atomic E-state index is -0.798. The summed E-state index contributed by atoms with van der Waals surface area (Å²) in [5.74, 6) is 2.08. The fraction of sp³-hybridized carbons (Fsp3) is 0.333. The number of aliphatic hydroxyl groups is 1. The van der Waals surface area contributed by atoms with Crippen molar-refractivity contribution in [2.45, 2.75) is 45.2 Å². The van der Waals surface area contributed by atoms with Gasteiger partial charge in [0.2, 0.25) is 0 Å². The quantitative estimate of drug-likeness (QED) is 0.554. The van der Waals surface area contributed by atoms with Crippen LogP contribution in [-0.4, -0.2) is 30.0 Å². The van der Waals surface area contributed by atoms with Crippen LogP contribution in [0.1, 0.15) is 37.7 Å². The van der Waals surface area contributed by atoms with E-state index in [1.165, 1.54) is 5.57 Å². The number of allylic oxidation sites excluding steroid dienone is 2. The Morgan fingerprint density at radius 3 is 2.77 bits per heavy atom. The predicted octanol–water partition coefficient (Wildman–Crippen LogP) is 4.79. The van der Waals surface area contributed by atoms with Crippen LogP contribution in [0.5, 0.6) is 5.75 Å². The Labute approximate surface area is 178 Å². The van der Waals surface area contributed by atoms with Crippen molar-refractivity contribution in [1.29, 1.82) is 0 Å². The van der Waals surface area contributed by atoms with E-state index in [1.807, 2.05) is 48.6 Å². The molecule has 0 saturated heterocycles. The van der Waals surface area contributed by atoms with E-state index in [0.717, 1.165) is 41.9 Å². The zero-order chi connectivity index (χ0) is 21.3. The Kier molecular flexibility index (Phi) is 8.14. The first-order valence-electron chi connectivity index (χ1n) is 10.4. The van der Waals surface area contributed by atoms with Gasteiger partial charge in [0.1, 0.15) is 30.5 Å². The maximum absolute atomic E-state index is 9.99. The maximum atomic E-state index is 9.99. The first-order valence-corrected chi connectivity index (χ1v) is 10.4. The number of aliphatic hydroxyl groups excluding tert-OH is 1. The van der Waals surface area contributed by atoms with Crippen LogP contribution in [0.15, 0.2) is 76.3 Å². The predicted molar refractivity (Wildman–Crippen MR) is 119 cm³/mol. The van der Waals surface area contributed by atoms with E-state index in [-0.39, 0.29) is 12.7 Å². The lowest BCUT2D eigenvalue weighted by Crippen LogP contribution is -2.32. The van der Waals surface area contributed by atoms with Crippen LogP contribution in [0.25, 0.3) is 6.08 Å². The van der Waals surface area contributed by atoms with E-state index >= 15 is 0 Å². The first-order chi connectivity index (χ1) is 14.6. The number of hydrogen-bond donors (Lipinski definition) is 2. The minimum absolute atomic E-state index is 0.107. The monoisotopic (exact) mass is 408 g/mol. The molecular formula is C24H29BO5. The molecule has 1 aliphatic heterocycles. The molecule has 158 valence electrons. The third-order valence-corrected chi connectivity index (χ3v) is 5.14. The zero-order valence-electron chi connectivity index (χ0n) is 17.4. The summed E-state index contributed by atoms with van der Waals surface area (Å²) >= 11 is 0. The lowest BCUT2D eigenvalue weighted by molar-refractivity contribution is 0.181. The Morgan fingerprint density at radius 2 is 2.07 bits per heavy atom. The van der Waals surface area contributed by atoms with E-state index in [1.54, 1.807) is 6.07 Å². The Hall–Kier alpha value is -2.54. The molecule has 0 spiro atoms. The molecule has 5 nitrogen and oxygen atoms in total. The summed E-state index contributed by atoms with van der Waals surface area (Å²) in [5.41, 5.74) is 3.06. The van der Waals surface area contributed by atoms with Gasteiger partial charge in [-0.2, -0.15) is 0 Å². The van der Waals surface area contributed by atoms with Gasteiger partial charge in [0, 0.05) is 6.32 Å². The van der Waals surface area contributed by atoms with Crippen LogP contribution >= 0.6 is 0 Å². The van der Waals surface area contributed by atoms with Crippen LogP contribution in [-0.2, 0) is 11.3 Å². The number of rotatable bonds is 10. The second-order valence-corrected chi connectivity index (χ2v) is 7.34. The number of benzene rings is 1. The van der Waals surface area contributed by atoms with Crippen molar-refractivity contribution in [1.82, 2.24) is 0 Å². The first kappa shape index (κ1) is 22.2. The Bertz CT molecular complexity index is 884. The van der Waals surface area contributed by atoms with E-state index in [0.29, 0.717) is 18.7 Å². The van der Waals surface area contributed by atoms with Gasteiger partial charge in [-0.1, -0.05) is 43.4 Å². The normalized spacial score (nSPS) is 17.0. The van der Waals surface area contributed by atoms with E-state index in [9.17, 15) is 5.02 Å². The topological polar surface area (TPSA) is 72.1 Å². The van der Waals surface area contributed by atoms with Crippen LogP contribution in [0.3, 0.4) is 0 Å². The van der Waals surface area contributed by atoms with Crippen molar-refractivity contribution in [3.63, 3.8) is 0 Å². The number of hydrogen-bond acceptors (Lipinski definition) is 5. The second kappa shape index (κ2) is 11.0. The van der Waals surface area contributed by atoms with Gasteiger partial charge in [0.25, 0.3) is 0 Å². The summed E-state index contributed by atoms with van der Waals surface area (Å²) in [4.78, 5) is 0. The molecule has 30 heavy (non-hydrogen) atoms. The molecule has 0 radical (unpaired) electrons. The van der Waals surface area contributed by atoms with Crippen LogP contribution < -0.4 is 4.74 Å². The molecule has 0 fully saturated rings. The van der Waals surface area contributed by atoms with Gasteiger partial charge < -0.3 is 23.9 Å². The molecule has 3 rings (SSSR count). The van der Waals surface area contributed by atoms with E-state index < -0.39 is 7.12 Å². The summed E-state index contributed by atoms with van der Waals surface area (Å²) in [6.45, 7) is 6.55. The summed E-state index contributed by atoms with van der Waals surface area (Å²) < 4.78 is 17.2. The molecule has 0 saturated carbocycles.